The van der Waals surface area contributed by atoms with Crippen molar-refractivity contribution in [3.05, 3.63) is 29.8 Å². The van der Waals surface area contributed by atoms with Crippen LogP contribution in [0.5, 0.6) is 0 Å². The number of piperazine rings is 1. The number of benzene rings is 1. The summed E-state index contributed by atoms with van der Waals surface area (Å²) in [6.45, 7) is 1.13. The smallest absolute Gasteiger partial charge is 0.288 e. The van der Waals surface area contributed by atoms with Crippen LogP contribution >= 0.6 is 11.8 Å². The zero-order valence-corrected chi connectivity index (χ0v) is 18.1. The van der Waals surface area contributed by atoms with Gasteiger partial charge < -0.3 is 4.90 Å². The van der Waals surface area contributed by atoms with Gasteiger partial charge in [0.1, 0.15) is 0 Å². The van der Waals surface area contributed by atoms with Crippen LogP contribution in [0.1, 0.15) is 42.5 Å². The third-order valence-corrected chi connectivity index (χ3v) is 8.40. The normalized spacial score (nSPS) is 19.8. The fourth-order valence-corrected chi connectivity index (χ4v) is 5.97. The van der Waals surface area contributed by atoms with Crippen LogP contribution in [-0.4, -0.2) is 72.9 Å². The number of amides is 1. The van der Waals surface area contributed by atoms with Crippen LogP contribution in [0.15, 0.2) is 29.2 Å². The first-order valence-corrected chi connectivity index (χ1v) is 12.1. The Morgan fingerprint density at radius 3 is 2.21 bits per heavy atom. The van der Waals surface area contributed by atoms with E-state index in [-0.39, 0.29) is 25.0 Å². The fraction of sp³-hybridized carbons (Fsp3) is 0.632. The number of carbonyl (C=O) groups excluding carboxylic acids is 1. The lowest BCUT2D eigenvalue weighted by molar-refractivity contribution is 0.0693. The number of carbonyl (C=O) groups is 1. The van der Waals surface area contributed by atoms with Gasteiger partial charge in [-0.25, -0.2) is 0 Å². The molecule has 29 heavy (non-hydrogen) atoms. The SMILES string of the molecule is CN(C1CCCCC1)S(=O)(=O)N1CCN(C(=O)c2ccc(SC(F)F)cc2)CC1. The van der Waals surface area contributed by atoms with Crippen LogP contribution in [0.3, 0.4) is 0 Å². The molecule has 2 aliphatic rings. The molecule has 3 rings (SSSR count). The zero-order chi connectivity index (χ0) is 21.0. The number of alkyl halides is 2. The zero-order valence-electron chi connectivity index (χ0n) is 16.5. The van der Waals surface area contributed by atoms with E-state index < -0.39 is 16.0 Å². The number of thioether (sulfide) groups is 1. The number of hydrogen-bond donors (Lipinski definition) is 0. The summed E-state index contributed by atoms with van der Waals surface area (Å²) in [6.07, 6.45) is 5.07. The molecule has 1 amide bonds. The highest BCUT2D eigenvalue weighted by Gasteiger charge is 2.35. The van der Waals surface area contributed by atoms with Gasteiger partial charge in [0.15, 0.2) is 0 Å². The Morgan fingerprint density at radius 2 is 1.66 bits per heavy atom. The molecular weight excluding hydrogens is 420 g/mol. The second-order valence-electron chi connectivity index (χ2n) is 7.41. The van der Waals surface area contributed by atoms with Gasteiger partial charge in [0.05, 0.1) is 0 Å². The molecule has 1 aliphatic heterocycles. The van der Waals surface area contributed by atoms with E-state index in [1.165, 1.54) is 32.9 Å². The molecule has 0 spiro atoms. The minimum absolute atomic E-state index is 0.0537. The Balaban J connectivity index is 1.57. The third kappa shape index (κ3) is 5.48. The van der Waals surface area contributed by atoms with Crippen molar-refractivity contribution in [2.75, 3.05) is 33.2 Å². The second kappa shape index (κ2) is 9.72. The van der Waals surface area contributed by atoms with E-state index in [0.29, 0.717) is 35.3 Å². The average molecular weight is 448 g/mol. The molecule has 1 saturated heterocycles. The molecule has 162 valence electrons. The predicted octanol–water partition coefficient (Wildman–Crippen LogP) is 3.27. The van der Waals surface area contributed by atoms with Crippen molar-refractivity contribution in [1.29, 1.82) is 0 Å². The molecule has 0 aromatic heterocycles. The molecule has 0 N–H and O–H groups in total. The number of nitrogens with zero attached hydrogens (tertiary/aromatic N) is 3. The summed E-state index contributed by atoms with van der Waals surface area (Å²) in [4.78, 5) is 14.7. The number of halogens is 2. The second-order valence-corrected chi connectivity index (χ2v) is 10.5. The van der Waals surface area contributed by atoms with Crippen LogP contribution in [0.2, 0.25) is 0 Å². The largest absolute Gasteiger partial charge is 0.336 e. The van der Waals surface area contributed by atoms with Crippen LogP contribution in [0, 0.1) is 0 Å². The Labute approximate surface area is 175 Å². The summed E-state index contributed by atoms with van der Waals surface area (Å²) in [6, 6.07) is 6.13. The lowest BCUT2D eigenvalue weighted by atomic mass is 9.96. The van der Waals surface area contributed by atoms with Crippen molar-refractivity contribution < 1.29 is 22.0 Å². The molecule has 0 bridgehead atoms. The molecule has 1 aromatic rings. The summed E-state index contributed by atoms with van der Waals surface area (Å²) in [5.41, 5.74) is 0.416. The van der Waals surface area contributed by atoms with Crippen molar-refractivity contribution in [2.24, 2.45) is 0 Å². The summed E-state index contributed by atoms with van der Waals surface area (Å²) in [5, 5.41) is 0. The lowest BCUT2D eigenvalue weighted by Crippen LogP contribution is -2.55. The molecule has 2 fully saturated rings. The maximum Gasteiger partial charge on any atom is 0.288 e. The summed E-state index contributed by atoms with van der Waals surface area (Å²) >= 11 is 0.435. The lowest BCUT2D eigenvalue weighted by Gasteiger charge is -2.38. The maximum atomic E-state index is 12.9. The van der Waals surface area contributed by atoms with E-state index in [1.54, 1.807) is 11.9 Å². The van der Waals surface area contributed by atoms with E-state index in [0.717, 1.165) is 32.1 Å². The highest BCUT2D eigenvalue weighted by molar-refractivity contribution is 7.99. The molecule has 1 heterocycles. The van der Waals surface area contributed by atoms with Gasteiger partial charge in [0.25, 0.3) is 21.9 Å². The van der Waals surface area contributed by atoms with Crippen molar-refractivity contribution in [2.45, 2.75) is 48.8 Å². The van der Waals surface area contributed by atoms with Gasteiger partial charge in [-0.2, -0.15) is 25.8 Å². The van der Waals surface area contributed by atoms with Crippen LogP contribution in [0.25, 0.3) is 0 Å². The van der Waals surface area contributed by atoms with E-state index in [9.17, 15) is 22.0 Å². The summed E-state index contributed by atoms with van der Waals surface area (Å²) in [5.74, 6) is -2.71. The first-order chi connectivity index (χ1) is 13.8. The first-order valence-electron chi connectivity index (χ1n) is 9.86. The average Bonchev–Trinajstić information content (AvgIpc) is 2.73. The Bertz CT molecular complexity index is 791. The minimum atomic E-state index is -3.54. The standard InChI is InChI=1S/C19H27F2N3O3S2/c1-22(16-5-3-2-4-6-16)29(26,27)24-13-11-23(12-14-24)18(25)15-7-9-17(10-8-15)28-19(20)21/h7-10,16,19H,2-6,11-14H2,1H3. The Kier molecular flexibility index (Phi) is 7.53. The molecular formula is C19H27F2N3O3S2. The predicted molar refractivity (Wildman–Crippen MR) is 109 cm³/mol. The van der Waals surface area contributed by atoms with Gasteiger partial charge in [-0.15, -0.1) is 0 Å². The van der Waals surface area contributed by atoms with E-state index in [2.05, 4.69) is 0 Å². The fourth-order valence-electron chi connectivity index (χ4n) is 3.90. The Hall–Kier alpha value is -1.23. The van der Waals surface area contributed by atoms with Crippen molar-refractivity contribution >= 4 is 27.9 Å². The van der Waals surface area contributed by atoms with Crippen LogP contribution in [-0.2, 0) is 10.2 Å². The van der Waals surface area contributed by atoms with Gasteiger partial charge >= 0.3 is 0 Å². The molecule has 0 unspecified atom stereocenters. The molecule has 0 radical (unpaired) electrons. The van der Waals surface area contributed by atoms with E-state index >= 15 is 0 Å². The third-order valence-electron chi connectivity index (χ3n) is 5.63. The van der Waals surface area contributed by atoms with Gasteiger partial charge in [0, 0.05) is 49.7 Å². The van der Waals surface area contributed by atoms with Gasteiger partial charge in [-0.1, -0.05) is 31.0 Å². The molecule has 6 nitrogen and oxygen atoms in total. The maximum absolute atomic E-state index is 12.9. The quantitative estimate of drug-likeness (QED) is 0.628. The monoisotopic (exact) mass is 447 g/mol. The molecule has 1 aromatic carbocycles. The van der Waals surface area contributed by atoms with Crippen molar-refractivity contribution in [3.63, 3.8) is 0 Å². The van der Waals surface area contributed by atoms with Crippen molar-refractivity contribution in [1.82, 2.24) is 13.5 Å². The van der Waals surface area contributed by atoms with Crippen molar-refractivity contribution in [3.8, 4) is 0 Å². The molecule has 0 atom stereocenters. The van der Waals surface area contributed by atoms with Gasteiger partial charge in [0.2, 0.25) is 0 Å². The molecule has 1 saturated carbocycles. The number of hydrogen-bond acceptors (Lipinski definition) is 4. The van der Waals surface area contributed by atoms with Crippen LogP contribution < -0.4 is 0 Å². The van der Waals surface area contributed by atoms with Gasteiger partial charge in [-0.3, -0.25) is 4.79 Å². The van der Waals surface area contributed by atoms with Gasteiger partial charge in [-0.05, 0) is 37.1 Å². The summed E-state index contributed by atoms with van der Waals surface area (Å²) in [7, 11) is -1.88. The molecule has 10 heteroatoms. The topological polar surface area (TPSA) is 60.9 Å². The first kappa shape index (κ1) is 22.5. The highest BCUT2D eigenvalue weighted by atomic mass is 32.2. The van der Waals surface area contributed by atoms with E-state index in [4.69, 9.17) is 0 Å². The van der Waals surface area contributed by atoms with Crippen LogP contribution in [0.4, 0.5) is 8.78 Å². The Morgan fingerprint density at radius 1 is 1.07 bits per heavy atom. The minimum Gasteiger partial charge on any atom is -0.336 e. The van der Waals surface area contributed by atoms with E-state index in [1.807, 2.05) is 0 Å². The highest BCUT2D eigenvalue weighted by Crippen LogP contribution is 2.27. The summed E-state index contributed by atoms with van der Waals surface area (Å²) < 4.78 is 53.7. The molecule has 1 aliphatic carbocycles. The number of rotatable bonds is 6.